The smallest absolute Gasteiger partial charge is 0.257 e. The third-order valence-corrected chi connectivity index (χ3v) is 5.46. The number of nitrogens with one attached hydrogen (secondary N) is 1. The molecule has 0 spiro atoms. The maximum Gasteiger partial charge on any atom is 0.257 e. The molecule has 130 valence electrons. The monoisotopic (exact) mass is 373 g/mol. The normalized spacial score (nSPS) is 11.5. The van der Waals surface area contributed by atoms with Gasteiger partial charge in [-0.2, -0.15) is 0 Å². The van der Waals surface area contributed by atoms with Gasteiger partial charge >= 0.3 is 0 Å². The Bertz CT molecular complexity index is 851. The summed E-state index contributed by atoms with van der Waals surface area (Å²) < 4.78 is 6.78. The van der Waals surface area contributed by atoms with E-state index < -0.39 is 0 Å². The van der Waals surface area contributed by atoms with Crippen molar-refractivity contribution in [3.8, 4) is 0 Å². The maximum absolute atomic E-state index is 12.1. The van der Waals surface area contributed by atoms with Gasteiger partial charge in [-0.05, 0) is 12.1 Å². The van der Waals surface area contributed by atoms with Crippen molar-refractivity contribution in [3.05, 3.63) is 59.9 Å². The third-order valence-electron chi connectivity index (χ3n) is 3.37. The van der Waals surface area contributed by atoms with Crippen LogP contribution in [0, 0.1) is 0 Å². The van der Waals surface area contributed by atoms with E-state index in [0.717, 1.165) is 9.97 Å². The van der Waals surface area contributed by atoms with Gasteiger partial charge in [0.05, 0.1) is 22.4 Å². The number of thioether (sulfide) groups is 1. The van der Waals surface area contributed by atoms with Gasteiger partial charge in [-0.25, -0.2) is 9.97 Å². The predicted molar refractivity (Wildman–Crippen MR) is 101 cm³/mol. The first-order valence-electron chi connectivity index (χ1n) is 7.82. The summed E-state index contributed by atoms with van der Waals surface area (Å²) in [7, 11) is 0. The first kappa shape index (κ1) is 17.7. The van der Waals surface area contributed by atoms with Crippen LogP contribution in [-0.2, 0) is 11.2 Å². The van der Waals surface area contributed by atoms with Crippen LogP contribution in [0.25, 0.3) is 0 Å². The zero-order valence-corrected chi connectivity index (χ0v) is 15.9. The molecule has 3 rings (SSSR count). The summed E-state index contributed by atoms with van der Waals surface area (Å²) in [5, 5.41) is 3.40. The number of thiazole rings is 1. The van der Waals surface area contributed by atoms with Crippen LogP contribution in [0.2, 0.25) is 0 Å². The molecule has 0 radical (unpaired) electrons. The van der Waals surface area contributed by atoms with Crippen LogP contribution in [0.5, 0.6) is 0 Å². The first-order chi connectivity index (χ1) is 11.9. The Hall–Kier alpha value is -2.12. The van der Waals surface area contributed by atoms with E-state index >= 15 is 0 Å². The molecule has 2 aromatic heterocycles. The summed E-state index contributed by atoms with van der Waals surface area (Å²) in [5.41, 5.74) is 0.566. The van der Waals surface area contributed by atoms with Crippen molar-refractivity contribution in [2.24, 2.45) is 0 Å². The molecule has 25 heavy (non-hydrogen) atoms. The summed E-state index contributed by atoms with van der Waals surface area (Å²) in [6.45, 7) is 6.28. The lowest BCUT2D eigenvalue weighted by molar-refractivity contribution is 0.102. The Morgan fingerprint density at radius 1 is 1.20 bits per heavy atom. The van der Waals surface area contributed by atoms with Crippen LogP contribution in [0.3, 0.4) is 0 Å². The number of amides is 1. The van der Waals surface area contributed by atoms with Crippen molar-refractivity contribution < 1.29 is 9.21 Å². The second-order valence-electron chi connectivity index (χ2n) is 6.46. The Labute approximate surface area is 154 Å². The summed E-state index contributed by atoms with van der Waals surface area (Å²) in [6.07, 6.45) is 3.54. The van der Waals surface area contributed by atoms with Crippen molar-refractivity contribution in [1.29, 1.82) is 0 Å². The molecular weight excluding hydrogens is 354 g/mol. The van der Waals surface area contributed by atoms with Crippen LogP contribution < -0.4 is 5.32 Å². The predicted octanol–water partition coefficient (Wildman–Crippen LogP) is 4.97. The van der Waals surface area contributed by atoms with Gasteiger partial charge in [0.15, 0.2) is 5.13 Å². The van der Waals surface area contributed by atoms with Gasteiger partial charge in [-0.1, -0.05) is 50.3 Å². The average Bonchev–Trinajstić information content (AvgIpc) is 3.22. The zero-order chi connectivity index (χ0) is 17.9. The standard InChI is InChI=1S/C18H19N3O2S2/c1-18(2,3)13-9-19-14(23-13)11-24-15-10-20-17(25-15)21-16(22)12-7-5-4-6-8-12/h4-10H,11H2,1-3H3,(H,20,21,22). The van der Waals surface area contributed by atoms with Gasteiger partial charge < -0.3 is 4.42 Å². The van der Waals surface area contributed by atoms with Crippen molar-refractivity contribution in [1.82, 2.24) is 9.97 Å². The second kappa shape index (κ2) is 7.41. The van der Waals surface area contributed by atoms with Gasteiger partial charge in [0.2, 0.25) is 5.89 Å². The van der Waals surface area contributed by atoms with E-state index in [1.165, 1.54) is 11.3 Å². The molecule has 0 aliphatic rings. The number of carbonyl (C=O) groups excluding carboxylic acids is 1. The number of anilines is 1. The maximum atomic E-state index is 12.1. The number of hydrogen-bond acceptors (Lipinski definition) is 6. The molecule has 0 aliphatic carbocycles. The number of aromatic nitrogens is 2. The molecule has 0 unspecified atom stereocenters. The molecule has 7 heteroatoms. The molecule has 5 nitrogen and oxygen atoms in total. The van der Waals surface area contributed by atoms with Crippen LogP contribution in [-0.4, -0.2) is 15.9 Å². The lowest BCUT2D eigenvalue weighted by atomic mass is 9.94. The van der Waals surface area contributed by atoms with Crippen LogP contribution >= 0.6 is 23.1 Å². The summed E-state index contributed by atoms with van der Waals surface area (Å²) >= 11 is 3.03. The second-order valence-corrected chi connectivity index (χ2v) is 8.77. The fourth-order valence-electron chi connectivity index (χ4n) is 2.00. The minimum Gasteiger partial charge on any atom is -0.444 e. The average molecular weight is 374 g/mol. The molecule has 2 heterocycles. The van der Waals surface area contributed by atoms with Crippen LogP contribution in [0.15, 0.2) is 51.4 Å². The number of oxazole rings is 1. The molecule has 0 saturated carbocycles. The molecule has 1 N–H and O–H groups in total. The highest BCUT2D eigenvalue weighted by Gasteiger charge is 2.19. The van der Waals surface area contributed by atoms with Gasteiger partial charge in [0, 0.05) is 11.0 Å². The number of nitrogens with zero attached hydrogens (tertiary/aromatic N) is 2. The SMILES string of the molecule is CC(C)(C)c1cnc(CSc2cnc(NC(=O)c3ccccc3)s2)o1. The Balaban J connectivity index is 1.57. The van der Waals surface area contributed by atoms with E-state index in [1.807, 2.05) is 18.2 Å². The number of benzene rings is 1. The molecule has 3 aromatic rings. The Morgan fingerprint density at radius 3 is 2.64 bits per heavy atom. The van der Waals surface area contributed by atoms with Crippen molar-refractivity contribution in [3.63, 3.8) is 0 Å². The Morgan fingerprint density at radius 2 is 1.96 bits per heavy atom. The summed E-state index contributed by atoms with van der Waals surface area (Å²) in [6, 6.07) is 9.09. The van der Waals surface area contributed by atoms with Crippen molar-refractivity contribution in [2.45, 2.75) is 36.1 Å². The minimum atomic E-state index is -0.158. The lowest BCUT2D eigenvalue weighted by Gasteiger charge is -2.12. The lowest BCUT2D eigenvalue weighted by Crippen LogP contribution is -2.11. The van der Waals surface area contributed by atoms with E-state index in [0.29, 0.717) is 22.3 Å². The van der Waals surface area contributed by atoms with Gasteiger partial charge in [0.1, 0.15) is 5.76 Å². The van der Waals surface area contributed by atoms with Crippen molar-refractivity contribution >= 4 is 34.1 Å². The van der Waals surface area contributed by atoms with E-state index in [9.17, 15) is 4.79 Å². The number of rotatable bonds is 5. The molecule has 1 amide bonds. The van der Waals surface area contributed by atoms with E-state index in [4.69, 9.17) is 4.42 Å². The van der Waals surface area contributed by atoms with Crippen LogP contribution in [0.1, 0.15) is 42.8 Å². The first-order valence-corrected chi connectivity index (χ1v) is 9.62. The van der Waals surface area contributed by atoms with Gasteiger partial charge in [0.25, 0.3) is 5.91 Å². The highest BCUT2D eigenvalue weighted by atomic mass is 32.2. The topological polar surface area (TPSA) is 68.0 Å². The Kier molecular flexibility index (Phi) is 5.24. The molecule has 0 aliphatic heterocycles. The fourth-order valence-corrected chi connectivity index (χ4v) is 3.72. The van der Waals surface area contributed by atoms with E-state index in [2.05, 4.69) is 36.1 Å². The molecule has 0 atom stereocenters. The van der Waals surface area contributed by atoms with E-state index in [1.54, 1.807) is 36.3 Å². The third kappa shape index (κ3) is 4.70. The van der Waals surface area contributed by atoms with Crippen LogP contribution in [0.4, 0.5) is 5.13 Å². The molecule has 0 fully saturated rings. The largest absolute Gasteiger partial charge is 0.444 e. The van der Waals surface area contributed by atoms with Gasteiger partial charge in [-0.15, -0.1) is 11.8 Å². The molecule has 0 bridgehead atoms. The number of carbonyl (C=O) groups is 1. The highest BCUT2D eigenvalue weighted by molar-refractivity contribution is 8.00. The highest BCUT2D eigenvalue weighted by Crippen LogP contribution is 2.31. The number of hydrogen-bond donors (Lipinski definition) is 1. The summed E-state index contributed by atoms with van der Waals surface area (Å²) in [5.74, 6) is 2.04. The molecule has 1 aromatic carbocycles. The molecular formula is C18H19N3O2S2. The summed E-state index contributed by atoms with van der Waals surface area (Å²) in [4.78, 5) is 20.7. The minimum absolute atomic E-state index is 0.0463. The zero-order valence-electron chi connectivity index (χ0n) is 14.3. The van der Waals surface area contributed by atoms with Gasteiger partial charge in [-0.3, -0.25) is 10.1 Å². The van der Waals surface area contributed by atoms with E-state index in [-0.39, 0.29) is 11.3 Å². The quantitative estimate of drug-likeness (QED) is 0.639. The molecule has 0 saturated heterocycles. The van der Waals surface area contributed by atoms with Crippen molar-refractivity contribution in [2.75, 3.05) is 5.32 Å². The fraction of sp³-hybridized carbons (Fsp3) is 0.278.